The van der Waals surface area contributed by atoms with Crippen LogP contribution in [0, 0.1) is 0 Å². The number of carbonyl (C=O) groups is 2. The summed E-state index contributed by atoms with van der Waals surface area (Å²) >= 11 is 11.7. The van der Waals surface area contributed by atoms with Crippen molar-refractivity contribution in [2.75, 3.05) is 5.32 Å². The Labute approximate surface area is 129 Å². The number of amides is 1. The number of phenols is 1. The highest BCUT2D eigenvalue weighted by molar-refractivity contribution is 6.34. The third-order valence-electron chi connectivity index (χ3n) is 2.67. The molecule has 0 aliphatic carbocycles. The zero-order valence-corrected chi connectivity index (χ0v) is 11.9. The first-order valence-electron chi connectivity index (χ1n) is 5.71. The molecule has 0 radical (unpaired) electrons. The molecule has 0 saturated heterocycles. The van der Waals surface area contributed by atoms with Gasteiger partial charge in [-0.2, -0.15) is 0 Å². The van der Waals surface area contributed by atoms with Gasteiger partial charge in [0, 0.05) is 5.02 Å². The Hall–Kier alpha value is -2.24. The molecule has 1 amide bonds. The van der Waals surface area contributed by atoms with Crippen LogP contribution in [0.4, 0.5) is 5.69 Å². The number of hydrogen-bond acceptors (Lipinski definition) is 3. The van der Waals surface area contributed by atoms with E-state index in [0.717, 1.165) is 0 Å². The van der Waals surface area contributed by atoms with Gasteiger partial charge in [0.1, 0.15) is 5.75 Å². The second-order valence-corrected chi connectivity index (χ2v) is 4.96. The van der Waals surface area contributed by atoms with E-state index in [2.05, 4.69) is 5.32 Å². The molecule has 5 nitrogen and oxygen atoms in total. The van der Waals surface area contributed by atoms with Crippen LogP contribution in [0.15, 0.2) is 36.4 Å². The molecule has 108 valence electrons. The molecular weight excluding hydrogens is 317 g/mol. The Morgan fingerprint density at radius 1 is 1.05 bits per heavy atom. The number of aromatic carboxylic acids is 1. The molecule has 0 spiro atoms. The van der Waals surface area contributed by atoms with Crippen LogP contribution in [0.1, 0.15) is 20.7 Å². The number of anilines is 1. The number of phenolic OH excluding ortho intramolecular Hbond substituents is 1. The Morgan fingerprint density at radius 3 is 2.38 bits per heavy atom. The fraction of sp³-hybridized carbons (Fsp3) is 0. The van der Waals surface area contributed by atoms with E-state index in [1.807, 2.05) is 0 Å². The minimum atomic E-state index is -1.12. The number of carboxylic acids is 1. The standard InChI is InChI=1S/C14H9Cl2NO4/c15-8-2-4-12(18)9(6-8)13(19)17-11-3-1-7(14(20)21)5-10(11)16/h1-6,18H,(H,17,19)(H,20,21). The van der Waals surface area contributed by atoms with Crippen LogP contribution in [0.5, 0.6) is 5.75 Å². The number of aromatic hydroxyl groups is 1. The van der Waals surface area contributed by atoms with Crippen LogP contribution in [-0.2, 0) is 0 Å². The molecule has 0 aromatic heterocycles. The normalized spacial score (nSPS) is 10.2. The summed E-state index contributed by atoms with van der Waals surface area (Å²) in [7, 11) is 0. The second-order valence-electron chi connectivity index (χ2n) is 4.12. The maximum absolute atomic E-state index is 12.1. The largest absolute Gasteiger partial charge is 0.507 e. The number of hydrogen-bond donors (Lipinski definition) is 3. The highest BCUT2D eigenvalue weighted by atomic mass is 35.5. The molecule has 21 heavy (non-hydrogen) atoms. The summed E-state index contributed by atoms with van der Waals surface area (Å²) in [5.41, 5.74) is 0.218. The lowest BCUT2D eigenvalue weighted by atomic mass is 10.1. The van der Waals surface area contributed by atoms with E-state index in [4.69, 9.17) is 28.3 Å². The summed E-state index contributed by atoms with van der Waals surface area (Å²) in [5, 5.41) is 21.3. The molecule has 0 bridgehead atoms. The SMILES string of the molecule is O=C(O)c1ccc(NC(=O)c2cc(Cl)ccc2O)c(Cl)c1. The number of halogens is 2. The third-order valence-corrected chi connectivity index (χ3v) is 3.22. The first-order chi connectivity index (χ1) is 9.88. The van der Waals surface area contributed by atoms with Crippen molar-refractivity contribution in [3.05, 3.63) is 57.6 Å². The molecule has 0 aliphatic heterocycles. The number of carboxylic acid groups (broad SMARTS) is 1. The van der Waals surface area contributed by atoms with Crippen LogP contribution in [0.25, 0.3) is 0 Å². The number of carbonyl (C=O) groups excluding carboxylic acids is 1. The van der Waals surface area contributed by atoms with Crippen LogP contribution in [0.2, 0.25) is 10.0 Å². The molecule has 2 rings (SSSR count). The van der Waals surface area contributed by atoms with Crippen molar-refractivity contribution in [3.63, 3.8) is 0 Å². The van der Waals surface area contributed by atoms with Gasteiger partial charge in [0.25, 0.3) is 5.91 Å². The van der Waals surface area contributed by atoms with Gasteiger partial charge in [0.15, 0.2) is 0 Å². The van der Waals surface area contributed by atoms with Crippen molar-refractivity contribution < 1.29 is 19.8 Å². The molecule has 0 aliphatic rings. The van der Waals surface area contributed by atoms with Gasteiger partial charge in [-0.05, 0) is 36.4 Å². The summed E-state index contributed by atoms with van der Waals surface area (Å²) in [6, 6.07) is 7.95. The van der Waals surface area contributed by atoms with Crippen molar-refractivity contribution >= 4 is 40.8 Å². The van der Waals surface area contributed by atoms with Gasteiger partial charge in [-0.15, -0.1) is 0 Å². The maximum Gasteiger partial charge on any atom is 0.335 e. The molecule has 7 heteroatoms. The molecule has 0 atom stereocenters. The van der Waals surface area contributed by atoms with Crippen molar-refractivity contribution in [3.8, 4) is 5.75 Å². The first-order valence-corrected chi connectivity index (χ1v) is 6.47. The van der Waals surface area contributed by atoms with Gasteiger partial charge in [0.2, 0.25) is 0 Å². The van der Waals surface area contributed by atoms with E-state index in [0.29, 0.717) is 5.02 Å². The number of nitrogens with one attached hydrogen (secondary N) is 1. The van der Waals surface area contributed by atoms with Gasteiger partial charge < -0.3 is 15.5 Å². The van der Waals surface area contributed by atoms with Crippen LogP contribution < -0.4 is 5.32 Å². The summed E-state index contributed by atoms with van der Waals surface area (Å²) < 4.78 is 0. The van der Waals surface area contributed by atoms with Crippen molar-refractivity contribution in [2.24, 2.45) is 0 Å². The fourth-order valence-corrected chi connectivity index (χ4v) is 2.03. The number of benzene rings is 2. The Balaban J connectivity index is 2.27. The maximum atomic E-state index is 12.1. The number of rotatable bonds is 3. The van der Waals surface area contributed by atoms with Gasteiger partial charge >= 0.3 is 5.97 Å². The minimum absolute atomic E-state index is 0.00333. The topological polar surface area (TPSA) is 86.6 Å². The molecule has 0 heterocycles. The zero-order chi connectivity index (χ0) is 15.6. The minimum Gasteiger partial charge on any atom is -0.507 e. The Morgan fingerprint density at radius 2 is 1.76 bits per heavy atom. The van der Waals surface area contributed by atoms with Gasteiger partial charge in [0.05, 0.1) is 21.8 Å². The molecule has 2 aromatic rings. The van der Waals surface area contributed by atoms with Crippen molar-refractivity contribution in [1.29, 1.82) is 0 Å². The lowest BCUT2D eigenvalue weighted by molar-refractivity contribution is 0.0696. The third kappa shape index (κ3) is 3.45. The quantitative estimate of drug-likeness (QED) is 0.803. The monoisotopic (exact) mass is 325 g/mol. The average molecular weight is 326 g/mol. The van der Waals surface area contributed by atoms with Crippen LogP contribution in [-0.4, -0.2) is 22.1 Å². The van der Waals surface area contributed by atoms with E-state index in [1.54, 1.807) is 0 Å². The molecular formula is C14H9Cl2NO4. The molecule has 3 N–H and O–H groups in total. The molecule has 0 saturated carbocycles. The van der Waals surface area contributed by atoms with E-state index in [-0.39, 0.29) is 27.6 Å². The lowest BCUT2D eigenvalue weighted by Crippen LogP contribution is -2.12. The molecule has 0 fully saturated rings. The van der Waals surface area contributed by atoms with Gasteiger partial charge in [-0.25, -0.2) is 4.79 Å². The first kappa shape index (κ1) is 15.2. The van der Waals surface area contributed by atoms with E-state index in [9.17, 15) is 14.7 Å². The second kappa shape index (κ2) is 6.03. The zero-order valence-electron chi connectivity index (χ0n) is 10.4. The van der Waals surface area contributed by atoms with Crippen molar-refractivity contribution in [1.82, 2.24) is 0 Å². The molecule has 2 aromatic carbocycles. The predicted octanol–water partition coefficient (Wildman–Crippen LogP) is 3.65. The van der Waals surface area contributed by atoms with Gasteiger partial charge in [-0.1, -0.05) is 23.2 Å². The highest BCUT2D eigenvalue weighted by Crippen LogP contribution is 2.26. The average Bonchev–Trinajstić information content (AvgIpc) is 2.43. The highest BCUT2D eigenvalue weighted by Gasteiger charge is 2.14. The van der Waals surface area contributed by atoms with E-state index >= 15 is 0 Å². The van der Waals surface area contributed by atoms with Crippen LogP contribution in [0.3, 0.4) is 0 Å². The summed E-state index contributed by atoms with van der Waals surface area (Å²) in [4.78, 5) is 22.9. The Bertz CT molecular complexity index is 731. The summed E-state index contributed by atoms with van der Waals surface area (Å²) in [6.45, 7) is 0. The van der Waals surface area contributed by atoms with Crippen LogP contribution >= 0.6 is 23.2 Å². The van der Waals surface area contributed by atoms with Gasteiger partial charge in [-0.3, -0.25) is 4.79 Å². The van der Waals surface area contributed by atoms with E-state index in [1.165, 1.54) is 36.4 Å². The molecule has 0 unspecified atom stereocenters. The van der Waals surface area contributed by atoms with E-state index < -0.39 is 11.9 Å². The fourth-order valence-electron chi connectivity index (χ4n) is 1.63. The smallest absolute Gasteiger partial charge is 0.335 e. The predicted molar refractivity (Wildman–Crippen MR) is 79.5 cm³/mol. The van der Waals surface area contributed by atoms with Crippen molar-refractivity contribution in [2.45, 2.75) is 0 Å². The lowest BCUT2D eigenvalue weighted by Gasteiger charge is -2.09. The summed E-state index contributed by atoms with van der Waals surface area (Å²) in [6.07, 6.45) is 0. The summed E-state index contributed by atoms with van der Waals surface area (Å²) in [5.74, 6) is -1.96. The Kier molecular flexibility index (Phi) is 4.35.